The average molecular weight is 550 g/mol. The highest BCUT2D eigenvalue weighted by molar-refractivity contribution is 7.13. The van der Waals surface area contributed by atoms with Crippen molar-refractivity contribution in [2.24, 2.45) is 7.05 Å². The Labute approximate surface area is 217 Å². The minimum atomic E-state index is -4.86. The number of benzene rings is 2. The largest absolute Gasteiger partial charge is 0.482 e. The van der Waals surface area contributed by atoms with Gasteiger partial charge < -0.3 is 14.2 Å². The normalized spacial score (nSPS) is 11.6. The lowest BCUT2D eigenvalue weighted by atomic mass is 10.0. The number of hydrogen-bond acceptors (Lipinski definition) is 8. The summed E-state index contributed by atoms with van der Waals surface area (Å²) in [5, 5.41) is 0.584. The fourth-order valence-corrected chi connectivity index (χ4v) is 4.53. The molecule has 0 fully saturated rings. The van der Waals surface area contributed by atoms with E-state index in [0.717, 1.165) is 17.3 Å². The van der Waals surface area contributed by atoms with Gasteiger partial charge >= 0.3 is 17.8 Å². The summed E-state index contributed by atoms with van der Waals surface area (Å²) in [4.78, 5) is 37.2. The Morgan fingerprint density at radius 2 is 1.84 bits per heavy atom. The molecule has 0 atom stereocenters. The van der Waals surface area contributed by atoms with Gasteiger partial charge in [0, 0.05) is 31.2 Å². The van der Waals surface area contributed by atoms with Gasteiger partial charge in [0.15, 0.2) is 6.61 Å². The van der Waals surface area contributed by atoms with Crippen LogP contribution in [0.15, 0.2) is 52.1 Å². The third-order valence-corrected chi connectivity index (χ3v) is 6.52. The van der Waals surface area contributed by atoms with Crippen LogP contribution in [0.3, 0.4) is 0 Å². The highest BCUT2D eigenvalue weighted by Crippen LogP contribution is 2.35. The van der Waals surface area contributed by atoms with Crippen LogP contribution in [0.1, 0.15) is 11.3 Å². The molecule has 2 aromatic heterocycles. The van der Waals surface area contributed by atoms with Crippen molar-refractivity contribution >= 4 is 27.6 Å². The third kappa shape index (κ3) is 5.48. The van der Waals surface area contributed by atoms with E-state index in [1.807, 2.05) is 6.92 Å². The Balaban J connectivity index is 1.71. The van der Waals surface area contributed by atoms with Crippen molar-refractivity contribution < 1.29 is 32.2 Å². The molecule has 0 amide bonds. The maximum atomic E-state index is 13.2. The highest BCUT2D eigenvalue weighted by atomic mass is 32.1. The van der Waals surface area contributed by atoms with Gasteiger partial charge in [-0.2, -0.15) is 17.5 Å². The second-order valence-corrected chi connectivity index (χ2v) is 9.04. The number of ether oxygens (including phenoxy) is 3. The molecule has 4 aromatic rings. The molecule has 2 heterocycles. The lowest BCUT2D eigenvalue weighted by Gasteiger charge is -2.14. The van der Waals surface area contributed by atoms with Gasteiger partial charge in [0.05, 0.1) is 22.7 Å². The maximum absolute atomic E-state index is 13.2. The van der Waals surface area contributed by atoms with E-state index >= 15 is 0 Å². The van der Waals surface area contributed by atoms with Crippen molar-refractivity contribution in [2.45, 2.75) is 13.1 Å². The number of rotatable bonds is 8. The van der Waals surface area contributed by atoms with Crippen LogP contribution in [-0.2, 0) is 27.5 Å². The Morgan fingerprint density at radius 3 is 2.55 bits per heavy atom. The van der Waals surface area contributed by atoms with Crippen molar-refractivity contribution in [3.63, 3.8) is 0 Å². The van der Waals surface area contributed by atoms with E-state index in [1.165, 1.54) is 30.8 Å². The average Bonchev–Trinajstić information content (AvgIpc) is 3.28. The van der Waals surface area contributed by atoms with E-state index in [9.17, 15) is 27.6 Å². The summed E-state index contributed by atoms with van der Waals surface area (Å²) in [6, 6.07) is 10.2. The molecule has 13 heteroatoms. The van der Waals surface area contributed by atoms with E-state index < -0.39 is 29.1 Å². The monoisotopic (exact) mass is 549 g/mol. The zero-order chi connectivity index (χ0) is 27.6. The summed E-state index contributed by atoms with van der Waals surface area (Å²) in [5.41, 5.74) is -1.44. The summed E-state index contributed by atoms with van der Waals surface area (Å²) in [5.74, 6) is -0.170. The van der Waals surface area contributed by atoms with Gasteiger partial charge in [0.2, 0.25) is 0 Å². The highest BCUT2D eigenvalue weighted by Gasteiger charge is 2.35. The molecule has 0 aliphatic heterocycles. The lowest BCUT2D eigenvalue weighted by Crippen LogP contribution is -2.40. The molecule has 0 aliphatic rings. The van der Waals surface area contributed by atoms with E-state index in [1.54, 1.807) is 24.3 Å². The van der Waals surface area contributed by atoms with Gasteiger partial charge in [-0.05, 0) is 54.4 Å². The third-order valence-electron chi connectivity index (χ3n) is 5.69. The lowest BCUT2D eigenvalue weighted by molar-refractivity contribution is -0.147. The fourth-order valence-electron chi connectivity index (χ4n) is 3.76. The number of halogens is 3. The fraction of sp³-hybridized carbons (Fsp3) is 0.280. The topological polar surface area (TPSA) is 102 Å². The number of aryl methyl sites for hydroxylation is 1. The first-order chi connectivity index (χ1) is 18.0. The Morgan fingerprint density at radius 1 is 1.08 bits per heavy atom. The first-order valence-corrected chi connectivity index (χ1v) is 12.0. The molecule has 9 nitrogen and oxygen atoms in total. The molecule has 0 spiro atoms. The number of carbonyl (C=O) groups excluding carboxylic acids is 1. The number of hydrogen-bond donors (Lipinski definition) is 0. The number of aromatic nitrogens is 3. The standard InChI is InChI=1S/C25H22F3N3O6S/c1-14-4-6-16(37-13-22(33)36-9-8-35-3)11-17(14)23-18-10-15(5-7-19(18)38-29-23)31-21(32)12-20(25(26,27)28)30(2)24(31)34/h4-7,10-12H,8-9,13H2,1-3H3. The molecule has 0 radical (unpaired) electrons. The Bertz CT molecular complexity index is 1620. The molecular formula is C25H22F3N3O6S. The van der Waals surface area contributed by atoms with Crippen LogP contribution in [0.25, 0.3) is 27.0 Å². The smallest absolute Gasteiger partial charge is 0.431 e. The number of fused-ring (bicyclic) bond motifs is 1. The van der Waals surface area contributed by atoms with Gasteiger partial charge in [-0.3, -0.25) is 9.36 Å². The quantitative estimate of drug-likeness (QED) is 0.244. The van der Waals surface area contributed by atoms with Crippen molar-refractivity contribution in [2.75, 3.05) is 26.9 Å². The Kier molecular flexibility index (Phi) is 7.69. The molecular weight excluding hydrogens is 527 g/mol. The molecule has 0 saturated carbocycles. The second kappa shape index (κ2) is 10.8. The van der Waals surface area contributed by atoms with Gasteiger partial charge in [-0.15, -0.1) is 0 Å². The zero-order valence-corrected chi connectivity index (χ0v) is 21.3. The predicted octanol–water partition coefficient (Wildman–Crippen LogP) is 3.71. The van der Waals surface area contributed by atoms with Crippen LogP contribution in [0.2, 0.25) is 0 Å². The number of carbonyl (C=O) groups is 1. The molecule has 0 saturated heterocycles. The molecule has 0 N–H and O–H groups in total. The van der Waals surface area contributed by atoms with Crippen LogP contribution in [-0.4, -0.2) is 46.4 Å². The number of esters is 1. The first-order valence-electron chi connectivity index (χ1n) is 11.2. The van der Waals surface area contributed by atoms with E-state index in [4.69, 9.17) is 14.2 Å². The van der Waals surface area contributed by atoms with Crippen LogP contribution in [0.4, 0.5) is 13.2 Å². The van der Waals surface area contributed by atoms with Crippen molar-refractivity contribution in [3.05, 3.63) is 74.6 Å². The van der Waals surface area contributed by atoms with Crippen LogP contribution in [0, 0.1) is 6.92 Å². The van der Waals surface area contributed by atoms with Crippen molar-refractivity contribution in [1.29, 1.82) is 0 Å². The summed E-state index contributed by atoms with van der Waals surface area (Å²) in [6.07, 6.45) is -4.86. The zero-order valence-electron chi connectivity index (χ0n) is 20.5. The molecule has 2 aromatic carbocycles. The molecule has 0 bridgehead atoms. The molecule has 200 valence electrons. The van der Waals surface area contributed by atoms with Gasteiger partial charge in [0.1, 0.15) is 18.1 Å². The van der Waals surface area contributed by atoms with Crippen molar-refractivity contribution in [3.8, 4) is 22.7 Å². The van der Waals surface area contributed by atoms with Crippen LogP contribution < -0.4 is 16.0 Å². The predicted molar refractivity (Wildman–Crippen MR) is 134 cm³/mol. The maximum Gasteiger partial charge on any atom is 0.431 e. The van der Waals surface area contributed by atoms with E-state index in [-0.39, 0.29) is 25.5 Å². The second-order valence-electron chi connectivity index (χ2n) is 8.23. The molecule has 38 heavy (non-hydrogen) atoms. The van der Waals surface area contributed by atoms with Gasteiger partial charge in [-0.1, -0.05) is 6.07 Å². The SMILES string of the molecule is COCCOC(=O)COc1ccc(C)c(-c2nsc3ccc(-n4c(=O)cc(C(F)(F)F)n(C)c4=O)cc23)c1. The summed E-state index contributed by atoms with van der Waals surface area (Å²) in [7, 11) is 2.45. The Hall–Kier alpha value is -3.97. The van der Waals surface area contributed by atoms with E-state index in [2.05, 4.69) is 4.37 Å². The van der Waals surface area contributed by atoms with Crippen LogP contribution in [0.5, 0.6) is 5.75 Å². The molecule has 4 rings (SSSR count). The summed E-state index contributed by atoms with van der Waals surface area (Å²) >= 11 is 1.18. The van der Waals surface area contributed by atoms with E-state index in [0.29, 0.717) is 37.6 Å². The minimum absolute atomic E-state index is 0.0992. The minimum Gasteiger partial charge on any atom is -0.482 e. The van der Waals surface area contributed by atoms with Crippen LogP contribution >= 0.6 is 11.5 Å². The number of alkyl halides is 3. The van der Waals surface area contributed by atoms with Gasteiger partial charge in [0.25, 0.3) is 5.56 Å². The van der Waals surface area contributed by atoms with Crippen molar-refractivity contribution in [1.82, 2.24) is 13.5 Å². The number of nitrogens with zero attached hydrogens (tertiary/aromatic N) is 3. The first kappa shape index (κ1) is 27.1. The summed E-state index contributed by atoms with van der Waals surface area (Å²) in [6.45, 7) is 1.91. The van der Waals surface area contributed by atoms with Gasteiger partial charge in [-0.25, -0.2) is 14.2 Å². The molecule has 0 unspecified atom stereocenters. The molecule has 0 aliphatic carbocycles. The summed E-state index contributed by atoms with van der Waals surface area (Å²) < 4.78 is 61.4. The number of methoxy groups -OCH3 is 1.